The SMILES string of the molecule is CCSCCN1CC(n2cc(C(=O)O)nn2)C1. The van der Waals surface area contributed by atoms with Gasteiger partial charge >= 0.3 is 5.97 Å². The quantitative estimate of drug-likeness (QED) is 0.751. The molecular formula is C10H16N4O2S. The highest BCUT2D eigenvalue weighted by molar-refractivity contribution is 7.99. The molecule has 0 bridgehead atoms. The van der Waals surface area contributed by atoms with Gasteiger partial charge in [0.15, 0.2) is 5.69 Å². The van der Waals surface area contributed by atoms with Crippen LogP contribution in [0.25, 0.3) is 0 Å². The molecule has 94 valence electrons. The zero-order valence-electron chi connectivity index (χ0n) is 9.74. The fourth-order valence-electron chi connectivity index (χ4n) is 1.78. The average Bonchev–Trinajstić information content (AvgIpc) is 2.70. The Hall–Kier alpha value is -1.08. The number of thioether (sulfide) groups is 1. The summed E-state index contributed by atoms with van der Waals surface area (Å²) in [7, 11) is 0. The second-order valence-electron chi connectivity index (χ2n) is 4.00. The van der Waals surface area contributed by atoms with Crippen LogP contribution in [-0.2, 0) is 0 Å². The van der Waals surface area contributed by atoms with Crippen LogP contribution < -0.4 is 0 Å². The number of likely N-dealkylation sites (tertiary alicyclic amines) is 1. The summed E-state index contributed by atoms with van der Waals surface area (Å²) in [6.45, 7) is 5.13. The van der Waals surface area contributed by atoms with Crippen LogP contribution in [-0.4, -0.2) is 62.1 Å². The van der Waals surface area contributed by atoms with E-state index in [1.54, 1.807) is 4.68 Å². The maximum atomic E-state index is 10.7. The number of rotatable bonds is 6. The summed E-state index contributed by atoms with van der Waals surface area (Å²) < 4.78 is 1.66. The molecule has 17 heavy (non-hydrogen) atoms. The molecule has 0 aliphatic carbocycles. The summed E-state index contributed by atoms with van der Waals surface area (Å²) in [5.74, 6) is 1.29. The van der Waals surface area contributed by atoms with Gasteiger partial charge in [-0.3, -0.25) is 4.90 Å². The van der Waals surface area contributed by atoms with Gasteiger partial charge in [-0.1, -0.05) is 12.1 Å². The largest absolute Gasteiger partial charge is 0.476 e. The third-order valence-corrected chi connectivity index (χ3v) is 3.68. The molecule has 2 rings (SSSR count). The van der Waals surface area contributed by atoms with Crippen molar-refractivity contribution < 1.29 is 9.90 Å². The molecule has 0 spiro atoms. The maximum absolute atomic E-state index is 10.7. The molecule has 7 heteroatoms. The molecule has 2 heterocycles. The molecule has 0 saturated carbocycles. The van der Waals surface area contributed by atoms with Crippen molar-refractivity contribution >= 4 is 17.7 Å². The first-order valence-electron chi connectivity index (χ1n) is 5.66. The van der Waals surface area contributed by atoms with E-state index < -0.39 is 5.97 Å². The van der Waals surface area contributed by atoms with E-state index in [-0.39, 0.29) is 11.7 Å². The lowest BCUT2D eigenvalue weighted by Gasteiger charge is -2.38. The van der Waals surface area contributed by atoms with E-state index in [4.69, 9.17) is 5.11 Å². The maximum Gasteiger partial charge on any atom is 0.358 e. The van der Waals surface area contributed by atoms with Gasteiger partial charge in [0.1, 0.15) is 0 Å². The van der Waals surface area contributed by atoms with Gasteiger partial charge in [0.25, 0.3) is 0 Å². The summed E-state index contributed by atoms with van der Waals surface area (Å²) in [6, 6.07) is 0.280. The van der Waals surface area contributed by atoms with Crippen molar-refractivity contribution in [3.8, 4) is 0 Å². The van der Waals surface area contributed by atoms with Crippen molar-refractivity contribution in [2.45, 2.75) is 13.0 Å². The second-order valence-corrected chi connectivity index (χ2v) is 5.39. The third-order valence-electron chi connectivity index (χ3n) is 2.80. The summed E-state index contributed by atoms with van der Waals surface area (Å²) in [5, 5.41) is 16.2. The van der Waals surface area contributed by atoms with Gasteiger partial charge in [-0.2, -0.15) is 11.8 Å². The van der Waals surface area contributed by atoms with E-state index in [2.05, 4.69) is 22.1 Å². The van der Waals surface area contributed by atoms with Crippen molar-refractivity contribution in [1.29, 1.82) is 0 Å². The molecule has 0 amide bonds. The van der Waals surface area contributed by atoms with E-state index >= 15 is 0 Å². The normalized spacial score (nSPS) is 17.0. The Balaban J connectivity index is 1.76. The summed E-state index contributed by atoms with van der Waals surface area (Å²) >= 11 is 1.94. The Bertz CT molecular complexity index is 389. The summed E-state index contributed by atoms with van der Waals surface area (Å²) in [6.07, 6.45) is 1.51. The van der Waals surface area contributed by atoms with E-state index in [1.165, 1.54) is 6.20 Å². The molecule has 1 aliphatic heterocycles. The Morgan fingerprint density at radius 1 is 1.65 bits per heavy atom. The van der Waals surface area contributed by atoms with Crippen LogP contribution in [0, 0.1) is 0 Å². The Kier molecular flexibility index (Phi) is 4.01. The number of carboxylic acid groups (broad SMARTS) is 1. The fraction of sp³-hybridized carbons (Fsp3) is 0.700. The van der Waals surface area contributed by atoms with E-state index in [0.717, 1.165) is 31.1 Å². The zero-order valence-corrected chi connectivity index (χ0v) is 10.6. The van der Waals surface area contributed by atoms with Crippen molar-refractivity contribution in [3.63, 3.8) is 0 Å². The molecule has 1 aliphatic rings. The van der Waals surface area contributed by atoms with Crippen LogP contribution in [0.3, 0.4) is 0 Å². The molecule has 1 aromatic heterocycles. The molecule has 1 saturated heterocycles. The van der Waals surface area contributed by atoms with Gasteiger partial charge < -0.3 is 5.11 Å². The van der Waals surface area contributed by atoms with Gasteiger partial charge in [-0.05, 0) is 5.75 Å². The van der Waals surface area contributed by atoms with Crippen LogP contribution in [0.5, 0.6) is 0 Å². The lowest BCUT2D eigenvalue weighted by molar-refractivity contribution is 0.0690. The van der Waals surface area contributed by atoms with Gasteiger partial charge in [0, 0.05) is 25.4 Å². The molecule has 0 atom stereocenters. The predicted octanol–water partition coefficient (Wildman–Crippen LogP) is 0.586. The van der Waals surface area contributed by atoms with E-state index in [9.17, 15) is 4.79 Å². The lowest BCUT2D eigenvalue weighted by Crippen LogP contribution is -2.48. The molecule has 1 fully saturated rings. The standard InChI is InChI=1S/C10H16N4O2S/c1-2-17-4-3-13-5-8(6-13)14-7-9(10(15)16)11-12-14/h7-8H,2-6H2,1H3,(H,15,16). The zero-order chi connectivity index (χ0) is 12.3. The van der Waals surface area contributed by atoms with Crippen molar-refractivity contribution in [1.82, 2.24) is 19.9 Å². The molecular weight excluding hydrogens is 240 g/mol. The van der Waals surface area contributed by atoms with Crippen molar-refractivity contribution in [3.05, 3.63) is 11.9 Å². The van der Waals surface area contributed by atoms with Crippen LogP contribution in [0.2, 0.25) is 0 Å². The molecule has 1 N–H and O–H groups in total. The number of hydrogen-bond donors (Lipinski definition) is 1. The van der Waals surface area contributed by atoms with Gasteiger partial charge in [-0.15, -0.1) is 5.10 Å². The molecule has 0 unspecified atom stereocenters. The topological polar surface area (TPSA) is 71.2 Å². The number of carbonyl (C=O) groups is 1. The predicted molar refractivity (Wildman–Crippen MR) is 65.5 cm³/mol. The monoisotopic (exact) mass is 256 g/mol. The molecule has 0 aromatic carbocycles. The minimum atomic E-state index is -1.02. The smallest absolute Gasteiger partial charge is 0.358 e. The first-order chi connectivity index (χ1) is 8.20. The van der Waals surface area contributed by atoms with Crippen molar-refractivity contribution in [2.24, 2.45) is 0 Å². The molecule has 6 nitrogen and oxygen atoms in total. The minimum Gasteiger partial charge on any atom is -0.476 e. The number of aromatic nitrogens is 3. The Morgan fingerprint density at radius 3 is 3.00 bits per heavy atom. The van der Waals surface area contributed by atoms with Gasteiger partial charge in [0.2, 0.25) is 0 Å². The molecule has 0 radical (unpaired) electrons. The van der Waals surface area contributed by atoms with E-state index in [0.29, 0.717) is 0 Å². The van der Waals surface area contributed by atoms with Crippen molar-refractivity contribution in [2.75, 3.05) is 31.1 Å². The minimum absolute atomic E-state index is 0.0185. The number of nitrogens with zero attached hydrogens (tertiary/aromatic N) is 4. The Morgan fingerprint density at radius 2 is 2.41 bits per heavy atom. The average molecular weight is 256 g/mol. The summed E-state index contributed by atoms with van der Waals surface area (Å²) in [4.78, 5) is 13.0. The van der Waals surface area contributed by atoms with Gasteiger partial charge in [0.05, 0.1) is 12.2 Å². The third kappa shape index (κ3) is 2.98. The fourth-order valence-corrected chi connectivity index (χ4v) is 2.46. The molecule has 1 aromatic rings. The van der Waals surface area contributed by atoms with Crippen LogP contribution in [0.15, 0.2) is 6.20 Å². The highest BCUT2D eigenvalue weighted by Gasteiger charge is 2.29. The first-order valence-corrected chi connectivity index (χ1v) is 6.81. The van der Waals surface area contributed by atoms with Gasteiger partial charge in [-0.25, -0.2) is 9.48 Å². The highest BCUT2D eigenvalue weighted by Crippen LogP contribution is 2.20. The van der Waals surface area contributed by atoms with Crippen LogP contribution in [0.4, 0.5) is 0 Å². The van der Waals surface area contributed by atoms with Crippen LogP contribution in [0.1, 0.15) is 23.5 Å². The first kappa shape index (κ1) is 12.4. The highest BCUT2D eigenvalue weighted by atomic mass is 32.2. The van der Waals surface area contributed by atoms with Crippen LogP contribution >= 0.6 is 11.8 Å². The number of hydrogen-bond acceptors (Lipinski definition) is 5. The second kappa shape index (κ2) is 5.50. The van der Waals surface area contributed by atoms with E-state index in [1.807, 2.05) is 11.8 Å². The number of carboxylic acids is 1. The summed E-state index contributed by atoms with van der Waals surface area (Å²) in [5.41, 5.74) is 0.0185. The lowest BCUT2D eigenvalue weighted by atomic mass is 10.1. The Labute approximate surface area is 104 Å². The number of aromatic carboxylic acids is 1.